The zero-order chi connectivity index (χ0) is 15.0. The highest BCUT2D eigenvalue weighted by Gasteiger charge is 2.23. The highest BCUT2D eigenvalue weighted by Crippen LogP contribution is 2.17. The van der Waals surface area contributed by atoms with Crippen molar-refractivity contribution in [3.05, 3.63) is 30.3 Å². The van der Waals surface area contributed by atoms with Gasteiger partial charge < -0.3 is 4.90 Å². The Morgan fingerprint density at radius 1 is 1.30 bits per heavy atom. The predicted octanol–water partition coefficient (Wildman–Crippen LogP) is 3.57. The second-order valence-electron chi connectivity index (χ2n) is 5.76. The van der Waals surface area contributed by atoms with Gasteiger partial charge in [-0.25, -0.2) is 0 Å². The van der Waals surface area contributed by atoms with E-state index in [9.17, 15) is 5.26 Å². The maximum absolute atomic E-state index is 9.35. The summed E-state index contributed by atoms with van der Waals surface area (Å²) in [7, 11) is 0. The van der Waals surface area contributed by atoms with Crippen molar-refractivity contribution in [3.63, 3.8) is 0 Å². The van der Waals surface area contributed by atoms with Crippen molar-refractivity contribution in [2.75, 3.05) is 18.0 Å². The molecule has 0 radical (unpaired) electrons. The van der Waals surface area contributed by atoms with Gasteiger partial charge in [-0.1, -0.05) is 18.2 Å². The average molecular weight is 273 g/mol. The summed E-state index contributed by atoms with van der Waals surface area (Å²) in [5.41, 5.74) is 0.829. The van der Waals surface area contributed by atoms with E-state index in [0.717, 1.165) is 25.9 Å². The first kappa shape index (κ1) is 16.5. The van der Waals surface area contributed by atoms with Crippen LogP contribution in [-0.4, -0.2) is 24.7 Å². The second kappa shape index (κ2) is 7.91. The molecule has 1 aromatic carbocycles. The molecule has 0 amide bonds. The zero-order valence-electron chi connectivity index (χ0n) is 13.2. The molecule has 1 rings (SSSR count). The lowest BCUT2D eigenvalue weighted by Gasteiger charge is -2.28. The van der Waals surface area contributed by atoms with E-state index >= 15 is 0 Å². The first-order valence-electron chi connectivity index (χ1n) is 7.49. The van der Waals surface area contributed by atoms with Gasteiger partial charge >= 0.3 is 0 Å². The number of hydrogen-bond acceptors (Lipinski definition) is 3. The van der Waals surface area contributed by atoms with Crippen molar-refractivity contribution in [2.24, 2.45) is 0 Å². The van der Waals surface area contributed by atoms with Gasteiger partial charge in [-0.05, 0) is 52.7 Å². The lowest BCUT2D eigenvalue weighted by Crippen LogP contribution is -2.45. The van der Waals surface area contributed by atoms with E-state index in [1.54, 1.807) is 0 Å². The van der Waals surface area contributed by atoms with Crippen LogP contribution in [0, 0.1) is 11.3 Å². The SMILES string of the molecule is CCN(CCCC(C)(C#N)NC(C)C)c1ccccc1. The molecule has 20 heavy (non-hydrogen) atoms. The Hall–Kier alpha value is -1.53. The molecule has 1 unspecified atom stereocenters. The molecular formula is C17H27N3. The van der Waals surface area contributed by atoms with Gasteiger partial charge in [0.25, 0.3) is 0 Å². The maximum atomic E-state index is 9.35. The molecule has 0 saturated heterocycles. The van der Waals surface area contributed by atoms with E-state index in [2.05, 4.69) is 61.3 Å². The van der Waals surface area contributed by atoms with Crippen molar-refractivity contribution >= 4 is 5.69 Å². The Labute approximate surface area is 123 Å². The number of nitriles is 1. The van der Waals surface area contributed by atoms with E-state index in [4.69, 9.17) is 0 Å². The van der Waals surface area contributed by atoms with E-state index in [-0.39, 0.29) is 0 Å². The van der Waals surface area contributed by atoms with Gasteiger partial charge in [0.15, 0.2) is 0 Å². The zero-order valence-corrected chi connectivity index (χ0v) is 13.2. The highest BCUT2D eigenvalue weighted by molar-refractivity contribution is 5.45. The second-order valence-corrected chi connectivity index (χ2v) is 5.76. The Kier molecular flexibility index (Phi) is 6.54. The molecule has 0 heterocycles. The summed E-state index contributed by atoms with van der Waals surface area (Å²) in [6.07, 6.45) is 1.87. The molecule has 0 saturated carbocycles. The van der Waals surface area contributed by atoms with Crippen LogP contribution < -0.4 is 10.2 Å². The molecule has 3 nitrogen and oxygen atoms in total. The number of benzene rings is 1. The third kappa shape index (κ3) is 5.22. The van der Waals surface area contributed by atoms with E-state index < -0.39 is 5.54 Å². The maximum Gasteiger partial charge on any atom is 0.104 e. The summed E-state index contributed by atoms with van der Waals surface area (Å²) >= 11 is 0. The number of para-hydroxylation sites is 1. The molecule has 0 bridgehead atoms. The van der Waals surface area contributed by atoms with Crippen LogP contribution in [0.4, 0.5) is 5.69 Å². The van der Waals surface area contributed by atoms with E-state index in [1.165, 1.54) is 5.69 Å². The van der Waals surface area contributed by atoms with Crippen LogP contribution in [0.15, 0.2) is 30.3 Å². The summed E-state index contributed by atoms with van der Waals surface area (Å²) in [6, 6.07) is 13.2. The third-order valence-corrected chi connectivity index (χ3v) is 3.46. The lowest BCUT2D eigenvalue weighted by molar-refractivity contribution is 0.374. The molecule has 1 N–H and O–H groups in total. The summed E-state index contributed by atoms with van der Waals surface area (Å²) in [4.78, 5) is 2.35. The standard InChI is InChI=1S/C17H27N3/c1-5-20(16-10-7-6-8-11-16)13-9-12-17(4,14-18)19-15(2)3/h6-8,10-11,15,19H,5,9,12-13H2,1-4H3. The number of anilines is 1. The topological polar surface area (TPSA) is 39.1 Å². The summed E-state index contributed by atoms with van der Waals surface area (Å²) < 4.78 is 0. The Morgan fingerprint density at radius 3 is 2.45 bits per heavy atom. The van der Waals surface area contributed by atoms with Crippen molar-refractivity contribution in [3.8, 4) is 6.07 Å². The van der Waals surface area contributed by atoms with Crippen molar-refractivity contribution in [1.29, 1.82) is 5.26 Å². The van der Waals surface area contributed by atoms with Gasteiger partial charge in [-0.2, -0.15) is 5.26 Å². The van der Waals surface area contributed by atoms with Crippen LogP contribution in [-0.2, 0) is 0 Å². The number of nitrogens with zero attached hydrogens (tertiary/aromatic N) is 2. The van der Waals surface area contributed by atoms with Gasteiger partial charge in [0, 0.05) is 24.8 Å². The average Bonchev–Trinajstić information content (AvgIpc) is 2.44. The van der Waals surface area contributed by atoms with Crippen molar-refractivity contribution < 1.29 is 0 Å². The minimum absolute atomic E-state index is 0.330. The molecule has 3 heteroatoms. The fraction of sp³-hybridized carbons (Fsp3) is 0.588. The predicted molar refractivity (Wildman–Crippen MR) is 85.9 cm³/mol. The molecule has 0 fully saturated rings. The smallest absolute Gasteiger partial charge is 0.104 e. The molecule has 0 aliphatic heterocycles. The van der Waals surface area contributed by atoms with Crippen LogP contribution in [0.1, 0.15) is 40.5 Å². The Morgan fingerprint density at radius 2 is 1.95 bits per heavy atom. The first-order chi connectivity index (χ1) is 9.50. The molecule has 0 aliphatic carbocycles. The van der Waals surface area contributed by atoms with Gasteiger partial charge in [-0.15, -0.1) is 0 Å². The monoisotopic (exact) mass is 273 g/mol. The van der Waals surface area contributed by atoms with Crippen molar-refractivity contribution in [2.45, 2.75) is 52.1 Å². The van der Waals surface area contributed by atoms with Gasteiger partial charge in [0.1, 0.15) is 5.54 Å². The first-order valence-corrected chi connectivity index (χ1v) is 7.49. The molecule has 0 spiro atoms. The van der Waals surface area contributed by atoms with E-state index in [1.807, 2.05) is 13.0 Å². The summed E-state index contributed by atoms with van der Waals surface area (Å²) in [5, 5.41) is 12.7. The number of nitrogens with one attached hydrogen (secondary N) is 1. The Bertz CT molecular complexity index is 422. The molecule has 0 aromatic heterocycles. The van der Waals surface area contributed by atoms with Crippen LogP contribution in [0.25, 0.3) is 0 Å². The van der Waals surface area contributed by atoms with E-state index in [0.29, 0.717) is 6.04 Å². The quantitative estimate of drug-likeness (QED) is 0.787. The minimum Gasteiger partial charge on any atom is -0.372 e. The van der Waals surface area contributed by atoms with Crippen LogP contribution in [0.2, 0.25) is 0 Å². The summed E-state index contributed by atoms with van der Waals surface area (Å²) in [5.74, 6) is 0. The van der Waals surface area contributed by atoms with Crippen LogP contribution in [0.5, 0.6) is 0 Å². The molecular weight excluding hydrogens is 246 g/mol. The largest absolute Gasteiger partial charge is 0.372 e. The Balaban J connectivity index is 2.51. The minimum atomic E-state index is -0.426. The fourth-order valence-electron chi connectivity index (χ4n) is 2.53. The molecule has 110 valence electrons. The fourth-order valence-corrected chi connectivity index (χ4v) is 2.53. The third-order valence-electron chi connectivity index (χ3n) is 3.46. The molecule has 0 aliphatic rings. The number of rotatable bonds is 8. The van der Waals surface area contributed by atoms with Crippen molar-refractivity contribution in [1.82, 2.24) is 5.32 Å². The summed E-state index contributed by atoms with van der Waals surface area (Å²) in [6.45, 7) is 10.3. The van der Waals surface area contributed by atoms with Gasteiger partial charge in [-0.3, -0.25) is 5.32 Å². The van der Waals surface area contributed by atoms with Crippen LogP contribution in [0.3, 0.4) is 0 Å². The molecule has 1 atom stereocenters. The highest BCUT2D eigenvalue weighted by atomic mass is 15.1. The number of hydrogen-bond donors (Lipinski definition) is 1. The normalized spacial score (nSPS) is 13.8. The molecule has 1 aromatic rings. The van der Waals surface area contributed by atoms with Crippen LogP contribution >= 0.6 is 0 Å². The van der Waals surface area contributed by atoms with Gasteiger partial charge in [0.05, 0.1) is 6.07 Å². The lowest BCUT2D eigenvalue weighted by atomic mass is 9.96. The van der Waals surface area contributed by atoms with Gasteiger partial charge in [0.2, 0.25) is 0 Å².